The van der Waals surface area contributed by atoms with Gasteiger partial charge in [-0.15, -0.1) is 0 Å². The van der Waals surface area contributed by atoms with E-state index < -0.39 is 6.09 Å². The van der Waals surface area contributed by atoms with Gasteiger partial charge in [-0.25, -0.2) is 4.79 Å². The van der Waals surface area contributed by atoms with Crippen molar-refractivity contribution in [3.8, 4) is 11.1 Å². The first kappa shape index (κ1) is 20.0. The van der Waals surface area contributed by atoms with Crippen LogP contribution in [-0.2, 0) is 9.47 Å². The summed E-state index contributed by atoms with van der Waals surface area (Å²) in [5.41, 5.74) is 3.56. The van der Waals surface area contributed by atoms with Crippen LogP contribution in [0.4, 0.5) is 10.5 Å². The molecule has 3 rings (SSSR count). The molecule has 8 heteroatoms. The van der Waals surface area contributed by atoms with E-state index in [1.165, 1.54) is 7.11 Å². The lowest BCUT2D eigenvalue weighted by Gasteiger charge is -2.17. The fourth-order valence-corrected chi connectivity index (χ4v) is 3.04. The van der Waals surface area contributed by atoms with Crippen molar-refractivity contribution in [1.29, 1.82) is 0 Å². The van der Waals surface area contributed by atoms with Crippen molar-refractivity contribution in [2.45, 2.75) is 12.5 Å². The second kappa shape index (κ2) is 9.48. The number of nitrogens with one attached hydrogen (secondary N) is 1. The number of carbonyl (C=O) groups excluding carboxylic acids is 1. The van der Waals surface area contributed by atoms with Gasteiger partial charge in [-0.2, -0.15) is 5.10 Å². The molecule has 1 amide bonds. The van der Waals surface area contributed by atoms with Gasteiger partial charge in [0.1, 0.15) is 0 Å². The molecule has 0 aliphatic rings. The van der Waals surface area contributed by atoms with Crippen molar-refractivity contribution in [2.24, 2.45) is 0 Å². The number of pyridine rings is 1. The van der Waals surface area contributed by atoms with Gasteiger partial charge >= 0.3 is 6.09 Å². The van der Waals surface area contributed by atoms with Crippen LogP contribution in [0.3, 0.4) is 0 Å². The molecule has 2 aromatic heterocycles. The number of halogens is 1. The molecule has 1 N–H and O–H groups in total. The predicted octanol–water partition coefficient (Wildman–Crippen LogP) is 4.51. The van der Waals surface area contributed by atoms with Crippen molar-refractivity contribution in [3.63, 3.8) is 0 Å². The Morgan fingerprint density at radius 3 is 2.57 bits per heavy atom. The average Bonchev–Trinajstić information content (AvgIpc) is 3.20. The zero-order chi connectivity index (χ0) is 19.9. The molecule has 2 heterocycles. The van der Waals surface area contributed by atoms with Crippen LogP contribution < -0.4 is 5.32 Å². The van der Waals surface area contributed by atoms with E-state index in [2.05, 4.69) is 36.1 Å². The number of rotatable bonds is 7. The quantitative estimate of drug-likeness (QED) is 0.579. The van der Waals surface area contributed by atoms with Crippen LogP contribution in [0.25, 0.3) is 11.1 Å². The minimum atomic E-state index is -0.497. The number of hydrogen-bond donors (Lipinski definition) is 1. The number of nitrogens with zero attached hydrogens (tertiary/aromatic N) is 3. The minimum Gasteiger partial charge on any atom is -0.453 e. The summed E-state index contributed by atoms with van der Waals surface area (Å²) >= 11 is 3.42. The molecule has 1 unspecified atom stereocenters. The van der Waals surface area contributed by atoms with Crippen LogP contribution in [0.1, 0.15) is 18.2 Å². The lowest BCUT2D eigenvalue weighted by atomic mass is 10.1. The third-order valence-electron chi connectivity index (χ3n) is 4.26. The molecule has 3 aromatic rings. The van der Waals surface area contributed by atoms with Gasteiger partial charge in [0, 0.05) is 41.8 Å². The first-order valence-electron chi connectivity index (χ1n) is 8.70. The molecular weight excluding hydrogens is 424 g/mol. The second-order valence-electron chi connectivity index (χ2n) is 6.10. The third kappa shape index (κ3) is 4.96. The van der Waals surface area contributed by atoms with E-state index in [9.17, 15) is 4.79 Å². The van der Waals surface area contributed by atoms with Gasteiger partial charge in [-0.3, -0.25) is 15.0 Å². The molecule has 0 saturated carbocycles. The van der Waals surface area contributed by atoms with Gasteiger partial charge in [0.2, 0.25) is 0 Å². The van der Waals surface area contributed by atoms with E-state index >= 15 is 0 Å². The van der Waals surface area contributed by atoms with Crippen molar-refractivity contribution in [2.75, 3.05) is 26.1 Å². The molecule has 7 nitrogen and oxygen atoms in total. The van der Waals surface area contributed by atoms with Crippen LogP contribution >= 0.6 is 15.9 Å². The van der Waals surface area contributed by atoms with Gasteiger partial charge in [0.05, 0.1) is 25.0 Å². The number of methoxy groups -OCH3 is 2. The minimum absolute atomic E-state index is 0.0259. The van der Waals surface area contributed by atoms with Crippen molar-refractivity contribution in [3.05, 3.63) is 65.2 Å². The smallest absolute Gasteiger partial charge is 0.411 e. The Morgan fingerprint density at radius 2 is 1.93 bits per heavy atom. The normalized spacial score (nSPS) is 11.8. The predicted molar refractivity (Wildman–Crippen MR) is 110 cm³/mol. The molecule has 0 radical (unpaired) electrons. The van der Waals surface area contributed by atoms with Gasteiger partial charge in [-0.1, -0.05) is 12.1 Å². The molecule has 0 bridgehead atoms. The zero-order valence-electron chi connectivity index (χ0n) is 15.6. The maximum atomic E-state index is 11.3. The van der Waals surface area contributed by atoms with Crippen molar-refractivity contribution < 1.29 is 14.3 Å². The number of anilines is 1. The molecule has 0 spiro atoms. The van der Waals surface area contributed by atoms with Crippen molar-refractivity contribution in [1.82, 2.24) is 14.8 Å². The third-order valence-corrected chi connectivity index (χ3v) is 4.73. The van der Waals surface area contributed by atoms with Gasteiger partial charge in [0.25, 0.3) is 0 Å². The lowest BCUT2D eigenvalue weighted by Crippen LogP contribution is -2.14. The summed E-state index contributed by atoms with van der Waals surface area (Å²) in [5, 5.41) is 7.18. The highest BCUT2D eigenvalue weighted by Gasteiger charge is 2.17. The van der Waals surface area contributed by atoms with E-state index in [-0.39, 0.29) is 6.04 Å². The maximum absolute atomic E-state index is 11.3. The number of carbonyl (C=O) groups is 1. The van der Waals surface area contributed by atoms with E-state index in [1.54, 1.807) is 13.3 Å². The fraction of sp³-hybridized carbons (Fsp3) is 0.250. The monoisotopic (exact) mass is 444 g/mol. The van der Waals surface area contributed by atoms with Gasteiger partial charge in [-0.05, 0) is 52.2 Å². The molecule has 28 heavy (non-hydrogen) atoms. The SMILES string of the molecule is COCCC(c1ccc(Br)cn1)n1cc(-c2ccc(NC(=O)OC)cc2)cn1. The van der Waals surface area contributed by atoms with Crippen LogP contribution in [0.5, 0.6) is 0 Å². The molecule has 1 atom stereocenters. The Balaban J connectivity index is 1.81. The Kier molecular flexibility index (Phi) is 6.78. The number of aromatic nitrogens is 3. The summed E-state index contributed by atoms with van der Waals surface area (Å²) in [6, 6.07) is 11.4. The number of benzene rings is 1. The zero-order valence-corrected chi connectivity index (χ0v) is 17.2. The summed E-state index contributed by atoms with van der Waals surface area (Å²) in [7, 11) is 3.02. The molecular formula is C20H21BrN4O3. The highest BCUT2D eigenvalue weighted by molar-refractivity contribution is 9.10. The highest BCUT2D eigenvalue weighted by atomic mass is 79.9. The molecule has 1 aromatic carbocycles. The number of amides is 1. The van der Waals surface area contributed by atoms with Crippen LogP contribution in [0.2, 0.25) is 0 Å². The van der Waals surface area contributed by atoms with Gasteiger partial charge < -0.3 is 9.47 Å². The summed E-state index contributed by atoms with van der Waals surface area (Å²) in [6.07, 6.45) is 5.86. The Bertz CT molecular complexity index is 910. The standard InChI is InChI=1S/C20H21BrN4O3/c1-27-10-9-19(18-8-5-16(21)12-22-18)25-13-15(11-23-25)14-3-6-17(7-4-14)24-20(26)28-2/h3-8,11-13,19H,9-10H2,1-2H3,(H,24,26). The molecule has 0 aliphatic carbocycles. The van der Waals surface area contributed by atoms with E-state index in [4.69, 9.17) is 4.74 Å². The Morgan fingerprint density at radius 1 is 1.14 bits per heavy atom. The molecule has 146 valence electrons. The number of ether oxygens (including phenoxy) is 2. The second-order valence-corrected chi connectivity index (χ2v) is 7.02. The highest BCUT2D eigenvalue weighted by Crippen LogP contribution is 2.26. The Hall–Kier alpha value is -2.71. The van der Waals surface area contributed by atoms with E-state index in [0.29, 0.717) is 12.3 Å². The summed E-state index contributed by atoms with van der Waals surface area (Å²) in [5.74, 6) is 0. The van der Waals surface area contributed by atoms with Crippen molar-refractivity contribution >= 4 is 27.7 Å². The van der Waals surface area contributed by atoms with Crippen LogP contribution in [-0.4, -0.2) is 41.7 Å². The largest absolute Gasteiger partial charge is 0.453 e. The van der Waals surface area contributed by atoms with Gasteiger partial charge in [0.15, 0.2) is 0 Å². The Labute approximate surface area is 171 Å². The molecule has 0 saturated heterocycles. The van der Waals surface area contributed by atoms with Crippen LogP contribution in [0.15, 0.2) is 59.5 Å². The fourth-order valence-electron chi connectivity index (χ4n) is 2.80. The summed E-state index contributed by atoms with van der Waals surface area (Å²) in [4.78, 5) is 15.8. The summed E-state index contributed by atoms with van der Waals surface area (Å²) < 4.78 is 12.7. The molecule has 0 aliphatic heterocycles. The first-order valence-corrected chi connectivity index (χ1v) is 9.50. The summed E-state index contributed by atoms with van der Waals surface area (Å²) in [6.45, 7) is 0.603. The van der Waals surface area contributed by atoms with Crippen LogP contribution in [0, 0.1) is 0 Å². The van der Waals surface area contributed by atoms with E-state index in [0.717, 1.165) is 27.7 Å². The lowest BCUT2D eigenvalue weighted by molar-refractivity contribution is 0.181. The first-order chi connectivity index (χ1) is 13.6. The topological polar surface area (TPSA) is 78.3 Å². The number of hydrogen-bond acceptors (Lipinski definition) is 5. The average molecular weight is 445 g/mol. The maximum Gasteiger partial charge on any atom is 0.411 e. The molecule has 0 fully saturated rings. The van der Waals surface area contributed by atoms with E-state index in [1.807, 2.05) is 53.5 Å².